The predicted molar refractivity (Wildman–Crippen MR) is 65.4 cm³/mol. The fourth-order valence-electron chi connectivity index (χ4n) is 1.54. The Morgan fingerprint density at radius 1 is 1.25 bits per heavy atom. The quantitative estimate of drug-likeness (QED) is 0.873. The first-order chi connectivity index (χ1) is 7.75. The Balaban J connectivity index is 1.93. The molecule has 0 amide bonds. The molecule has 1 unspecified atom stereocenters. The second-order valence-electron chi connectivity index (χ2n) is 3.73. The van der Waals surface area contributed by atoms with Crippen LogP contribution in [0, 0.1) is 0 Å². The highest BCUT2D eigenvalue weighted by atomic mass is 35.5. The Bertz CT molecular complexity index is 422. The molecule has 84 valence electrons. The van der Waals surface area contributed by atoms with E-state index in [1.54, 1.807) is 6.26 Å². The Morgan fingerprint density at radius 2 is 2.00 bits per heavy atom. The summed E-state index contributed by atoms with van der Waals surface area (Å²) in [6.45, 7) is 2.85. The van der Waals surface area contributed by atoms with Gasteiger partial charge in [-0.1, -0.05) is 23.7 Å². The van der Waals surface area contributed by atoms with Gasteiger partial charge in [0, 0.05) is 11.1 Å². The number of furan rings is 1. The largest absolute Gasteiger partial charge is 0.468 e. The molecule has 0 saturated heterocycles. The molecule has 1 N–H and O–H groups in total. The van der Waals surface area contributed by atoms with E-state index < -0.39 is 0 Å². The molecule has 3 heteroatoms. The van der Waals surface area contributed by atoms with E-state index in [0.29, 0.717) is 0 Å². The van der Waals surface area contributed by atoms with Gasteiger partial charge in [0.15, 0.2) is 0 Å². The Morgan fingerprint density at radius 3 is 2.62 bits per heavy atom. The molecule has 0 radical (unpaired) electrons. The van der Waals surface area contributed by atoms with Crippen LogP contribution < -0.4 is 5.32 Å². The van der Waals surface area contributed by atoms with E-state index in [-0.39, 0.29) is 6.04 Å². The van der Waals surface area contributed by atoms with Crippen molar-refractivity contribution in [3.05, 3.63) is 59.0 Å². The van der Waals surface area contributed by atoms with Crippen molar-refractivity contribution in [1.82, 2.24) is 5.32 Å². The molecule has 1 heterocycles. The van der Waals surface area contributed by atoms with Crippen LogP contribution in [0.1, 0.15) is 24.3 Å². The van der Waals surface area contributed by atoms with Crippen LogP contribution in [-0.4, -0.2) is 0 Å². The lowest BCUT2D eigenvalue weighted by Crippen LogP contribution is -2.17. The van der Waals surface area contributed by atoms with Gasteiger partial charge in [-0.2, -0.15) is 0 Å². The van der Waals surface area contributed by atoms with Gasteiger partial charge in [-0.05, 0) is 36.8 Å². The van der Waals surface area contributed by atoms with Crippen LogP contribution in [0.5, 0.6) is 0 Å². The number of halogens is 1. The second-order valence-corrected chi connectivity index (χ2v) is 4.17. The monoisotopic (exact) mass is 235 g/mol. The number of benzene rings is 1. The first-order valence-electron chi connectivity index (χ1n) is 5.27. The third kappa shape index (κ3) is 2.87. The van der Waals surface area contributed by atoms with E-state index in [9.17, 15) is 0 Å². The molecule has 0 aliphatic heterocycles. The predicted octanol–water partition coefficient (Wildman–Crippen LogP) is 3.78. The highest BCUT2D eigenvalue weighted by molar-refractivity contribution is 6.30. The van der Waals surface area contributed by atoms with Gasteiger partial charge >= 0.3 is 0 Å². The van der Waals surface area contributed by atoms with Crippen molar-refractivity contribution in [1.29, 1.82) is 0 Å². The fraction of sp³-hybridized carbons (Fsp3) is 0.231. The lowest BCUT2D eigenvalue weighted by Gasteiger charge is -2.13. The van der Waals surface area contributed by atoms with Crippen molar-refractivity contribution in [2.45, 2.75) is 19.5 Å². The summed E-state index contributed by atoms with van der Waals surface area (Å²) in [7, 11) is 0. The molecule has 1 aromatic carbocycles. The zero-order valence-corrected chi connectivity index (χ0v) is 9.87. The van der Waals surface area contributed by atoms with Crippen molar-refractivity contribution >= 4 is 11.6 Å². The minimum atomic E-state index is 0.280. The lowest BCUT2D eigenvalue weighted by atomic mass is 10.1. The number of rotatable bonds is 4. The molecule has 2 rings (SSSR count). The van der Waals surface area contributed by atoms with Gasteiger partial charge in [0.1, 0.15) is 5.76 Å². The SMILES string of the molecule is CC(NCc1ccco1)c1ccc(Cl)cc1. The minimum Gasteiger partial charge on any atom is -0.468 e. The smallest absolute Gasteiger partial charge is 0.117 e. The van der Waals surface area contributed by atoms with Crippen LogP contribution in [-0.2, 0) is 6.54 Å². The Kier molecular flexibility index (Phi) is 3.65. The lowest BCUT2D eigenvalue weighted by molar-refractivity contribution is 0.460. The molecule has 0 fully saturated rings. The second kappa shape index (κ2) is 5.19. The van der Waals surface area contributed by atoms with Crippen LogP contribution in [0.3, 0.4) is 0 Å². The Labute approximate surface area is 100 Å². The van der Waals surface area contributed by atoms with E-state index in [4.69, 9.17) is 16.0 Å². The van der Waals surface area contributed by atoms with Gasteiger partial charge in [0.2, 0.25) is 0 Å². The summed E-state index contributed by atoms with van der Waals surface area (Å²) in [5.74, 6) is 0.945. The van der Waals surface area contributed by atoms with E-state index in [1.807, 2.05) is 36.4 Å². The van der Waals surface area contributed by atoms with Gasteiger partial charge in [0.25, 0.3) is 0 Å². The zero-order valence-electron chi connectivity index (χ0n) is 9.11. The van der Waals surface area contributed by atoms with E-state index in [2.05, 4.69) is 12.2 Å². The van der Waals surface area contributed by atoms with Crippen molar-refractivity contribution < 1.29 is 4.42 Å². The van der Waals surface area contributed by atoms with E-state index >= 15 is 0 Å². The summed E-state index contributed by atoms with van der Waals surface area (Å²) in [6, 6.07) is 12.0. The maximum absolute atomic E-state index is 5.84. The summed E-state index contributed by atoms with van der Waals surface area (Å²) in [5.41, 5.74) is 1.22. The van der Waals surface area contributed by atoms with Crippen LogP contribution in [0.4, 0.5) is 0 Å². The summed E-state index contributed by atoms with van der Waals surface area (Å²) in [4.78, 5) is 0. The van der Waals surface area contributed by atoms with Gasteiger partial charge < -0.3 is 9.73 Å². The first-order valence-corrected chi connectivity index (χ1v) is 5.65. The highest BCUT2D eigenvalue weighted by Crippen LogP contribution is 2.16. The molecule has 2 aromatic rings. The van der Waals surface area contributed by atoms with Gasteiger partial charge in [-0.25, -0.2) is 0 Å². The molecular weight excluding hydrogens is 222 g/mol. The normalized spacial score (nSPS) is 12.6. The molecule has 1 atom stereocenters. The van der Waals surface area contributed by atoms with Crippen molar-refractivity contribution in [3.8, 4) is 0 Å². The summed E-state index contributed by atoms with van der Waals surface area (Å²) in [5, 5.41) is 4.15. The fourth-order valence-corrected chi connectivity index (χ4v) is 1.66. The van der Waals surface area contributed by atoms with Crippen LogP contribution in [0.2, 0.25) is 5.02 Å². The maximum atomic E-state index is 5.84. The average Bonchev–Trinajstić information content (AvgIpc) is 2.80. The van der Waals surface area contributed by atoms with Crippen molar-refractivity contribution in [2.75, 3.05) is 0 Å². The third-order valence-electron chi connectivity index (χ3n) is 2.53. The minimum absolute atomic E-state index is 0.280. The van der Waals surface area contributed by atoms with Crippen molar-refractivity contribution in [2.24, 2.45) is 0 Å². The molecule has 0 saturated carbocycles. The molecule has 0 aliphatic rings. The molecule has 2 nitrogen and oxygen atoms in total. The average molecular weight is 236 g/mol. The number of hydrogen-bond donors (Lipinski definition) is 1. The van der Waals surface area contributed by atoms with E-state index in [0.717, 1.165) is 17.3 Å². The first kappa shape index (κ1) is 11.2. The summed E-state index contributed by atoms with van der Waals surface area (Å²) in [6.07, 6.45) is 1.68. The third-order valence-corrected chi connectivity index (χ3v) is 2.78. The molecule has 0 bridgehead atoms. The standard InChI is InChI=1S/C13H14ClNO/c1-10(11-4-6-12(14)7-5-11)15-9-13-3-2-8-16-13/h2-8,10,15H,9H2,1H3. The molecular formula is C13H14ClNO. The van der Waals surface area contributed by atoms with E-state index in [1.165, 1.54) is 5.56 Å². The van der Waals surface area contributed by atoms with Gasteiger partial charge in [-0.3, -0.25) is 0 Å². The van der Waals surface area contributed by atoms with Gasteiger partial charge in [0.05, 0.1) is 12.8 Å². The topological polar surface area (TPSA) is 25.2 Å². The zero-order chi connectivity index (χ0) is 11.4. The molecule has 0 aliphatic carbocycles. The van der Waals surface area contributed by atoms with Crippen LogP contribution >= 0.6 is 11.6 Å². The molecule has 16 heavy (non-hydrogen) atoms. The maximum Gasteiger partial charge on any atom is 0.117 e. The molecule has 1 aromatic heterocycles. The van der Waals surface area contributed by atoms with Gasteiger partial charge in [-0.15, -0.1) is 0 Å². The number of nitrogens with one attached hydrogen (secondary N) is 1. The summed E-state index contributed by atoms with van der Waals surface area (Å²) < 4.78 is 5.26. The summed E-state index contributed by atoms with van der Waals surface area (Å²) >= 11 is 5.84. The molecule has 0 spiro atoms. The van der Waals surface area contributed by atoms with Crippen LogP contribution in [0.25, 0.3) is 0 Å². The van der Waals surface area contributed by atoms with Crippen molar-refractivity contribution in [3.63, 3.8) is 0 Å². The number of hydrogen-bond acceptors (Lipinski definition) is 2. The van der Waals surface area contributed by atoms with Crippen LogP contribution in [0.15, 0.2) is 47.1 Å². The Hall–Kier alpha value is -1.25. The highest BCUT2D eigenvalue weighted by Gasteiger charge is 2.05.